The van der Waals surface area contributed by atoms with E-state index in [0.29, 0.717) is 16.8 Å². The number of para-hydroxylation sites is 3. The third kappa shape index (κ3) is 8.15. The van der Waals surface area contributed by atoms with Gasteiger partial charge in [-0.3, -0.25) is 0 Å². The van der Waals surface area contributed by atoms with E-state index in [4.69, 9.17) is 21.6 Å². The molecule has 0 spiro atoms. The molecule has 320 valence electrons. The Kier molecular flexibility index (Phi) is 10.0. The molecule has 64 heavy (non-hydrogen) atoms. The SMILES string of the molecule is Cc1ccc(N2c3ccccc3[N-]C2c2[c-]ccc3c2sc2nc4ccc(F)cc4cc23)c2oc3ccccc3c12.[2H]C([2H])([2H])c1c[c-]c(-c2cc(C([2H])([2H])C(C)(C)C)[c]([Ge]([CH3])([CH3])[CH3])cn2)cc1.[Ir+3]. The molecule has 0 saturated carbocycles. The van der Waals surface area contributed by atoms with Crippen LogP contribution in [0.1, 0.15) is 56.0 Å². The van der Waals surface area contributed by atoms with Crippen LogP contribution in [-0.4, -0.2) is 23.2 Å². The summed E-state index contributed by atoms with van der Waals surface area (Å²) in [5.41, 5.74) is 9.20. The van der Waals surface area contributed by atoms with Gasteiger partial charge in [-0.05, 0) is 66.5 Å². The van der Waals surface area contributed by atoms with Crippen molar-refractivity contribution in [3.8, 4) is 11.3 Å². The van der Waals surface area contributed by atoms with E-state index < -0.39 is 31.9 Å². The van der Waals surface area contributed by atoms with Gasteiger partial charge in [0.15, 0.2) is 5.58 Å². The summed E-state index contributed by atoms with van der Waals surface area (Å²) in [5, 5.41) is 10.3. The number of pyridine rings is 2. The van der Waals surface area contributed by atoms with Crippen molar-refractivity contribution >= 4 is 99.2 Å². The Hall–Kier alpha value is -5.38. The minimum Gasteiger partial charge on any atom is 3.00 e. The molecule has 5 nitrogen and oxygen atoms in total. The largest absolute Gasteiger partial charge is 3.00 e. The van der Waals surface area contributed by atoms with Gasteiger partial charge in [-0.1, -0.05) is 47.2 Å². The van der Waals surface area contributed by atoms with Gasteiger partial charge in [0.2, 0.25) is 0 Å². The number of hydrogen-bond acceptors (Lipinski definition) is 5. The normalized spacial score (nSPS) is 15.5. The summed E-state index contributed by atoms with van der Waals surface area (Å²) in [6.07, 6.45) is -0.0492. The van der Waals surface area contributed by atoms with Crippen molar-refractivity contribution in [1.29, 1.82) is 0 Å². The van der Waals surface area contributed by atoms with Crippen LogP contribution in [0, 0.1) is 37.1 Å². The third-order valence-electron chi connectivity index (χ3n) is 11.4. The van der Waals surface area contributed by atoms with Crippen LogP contribution in [0.25, 0.3) is 69.7 Å². The second kappa shape index (κ2) is 16.9. The zero-order chi connectivity index (χ0) is 48.1. The number of halogens is 1. The molecule has 9 heteroatoms. The first-order valence-corrected chi connectivity index (χ1v) is 29.2. The molecule has 5 heterocycles. The van der Waals surface area contributed by atoms with Crippen LogP contribution < -0.4 is 9.30 Å². The molecule has 0 N–H and O–H groups in total. The first-order valence-electron chi connectivity index (χ1n) is 23.6. The number of hydrogen-bond donors (Lipinski definition) is 0. The van der Waals surface area contributed by atoms with E-state index in [9.17, 15) is 4.39 Å². The maximum atomic E-state index is 14.0. The molecule has 4 aromatic heterocycles. The molecule has 11 rings (SSSR count). The van der Waals surface area contributed by atoms with E-state index >= 15 is 0 Å². The van der Waals surface area contributed by atoms with Gasteiger partial charge in [-0.25, -0.2) is 9.37 Å². The average Bonchev–Trinajstić information content (AvgIpc) is 3.99. The third-order valence-corrected chi connectivity index (χ3v) is 16.8. The average molecular weight is 1100 g/mol. The number of nitrogens with zero attached hydrogens (tertiary/aromatic N) is 4. The van der Waals surface area contributed by atoms with E-state index in [-0.39, 0.29) is 37.7 Å². The predicted molar refractivity (Wildman–Crippen MR) is 266 cm³/mol. The van der Waals surface area contributed by atoms with Gasteiger partial charge in [-0.15, -0.1) is 16.6 Å². The molecular formula is C55H48FGeIrN4OS. The van der Waals surface area contributed by atoms with Crippen molar-refractivity contribution in [2.75, 3.05) is 4.90 Å². The number of fused-ring (bicyclic) bond motifs is 8. The number of rotatable bonds is 5. The standard InChI is InChI=1S/C35H20FN3OS.C20H28GeN.Ir/c1-19-13-16-29(32-31(19)23-7-2-5-12-30(23)40-32)39-28-11-4-3-10-27(28)37-34(39)24-9-6-8-22-25-18-20-17-21(36)14-15-26(20)38-35(25)41-33(22)24;1-15-8-10-16(11-9-15)19-12-17(13-20(2,3)4)18(14-22-19)21(5,6)7;/h2-8,10-18,34H,1H3;8-10,12,14H,13H2,1-7H3;/q-2;-1;+3/i;1D3,13D2;. The van der Waals surface area contributed by atoms with Gasteiger partial charge in [0.05, 0.1) is 11.2 Å². The monoisotopic (exact) mass is 1100 g/mol. The quantitative estimate of drug-likeness (QED) is 0.127. The van der Waals surface area contributed by atoms with Crippen molar-refractivity contribution in [2.24, 2.45) is 5.41 Å². The van der Waals surface area contributed by atoms with Gasteiger partial charge in [0.25, 0.3) is 0 Å². The number of anilines is 2. The van der Waals surface area contributed by atoms with E-state index in [1.807, 2.05) is 69.4 Å². The van der Waals surface area contributed by atoms with E-state index in [0.717, 1.165) is 80.2 Å². The Bertz CT molecular complexity index is 3600. The zero-order valence-corrected chi connectivity index (χ0v) is 41.8. The molecule has 10 aromatic rings. The van der Waals surface area contributed by atoms with Crippen LogP contribution in [0.4, 0.5) is 21.5 Å². The van der Waals surface area contributed by atoms with E-state index in [1.165, 1.54) is 17.7 Å². The number of benzene rings is 6. The Morgan fingerprint density at radius 2 is 1.72 bits per heavy atom. The molecular weight excluding hydrogens is 1050 g/mol. The summed E-state index contributed by atoms with van der Waals surface area (Å²) in [6.45, 7) is 5.68. The van der Waals surface area contributed by atoms with E-state index in [2.05, 4.69) is 88.7 Å². The summed E-state index contributed by atoms with van der Waals surface area (Å²) in [5.74, 6) is 6.43. The van der Waals surface area contributed by atoms with Crippen molar-refractivity contribution < 1.29 is 35.8 Å². The molecule has 0 fully saturated rings. The van der Waals surface area contributed by atoms with Crippen LogP contribution in [-0.2, 0) is 26.5 Å². The number of furan rings is 1. The number of thiophene rings is 1. The topological polar surface area (TPSA) is 56.3 Å². The predicted octanol–water partition coefficient (Wildman–Crippen LogP) is 15.6. The molecule has 6 aromatic carbocycles. The fourth-order valence-electron chi connectivity index (χ4n) is 8.53. The smallest absolute Gasteiger partial charge is 3.00 e. The van der Waals surface area contributed by atoms with Crippen LogP contribution in [0.5, 0.6) is 0 Å². The number of aromatic nitrogens is 2. The van der Waals surface area contributed by atoms with Gasteiger partial charge >= 0.3 is 165 Å². The molecule has 1 aliphatic rings. The van der Waals surface area contributed by atoms with Gasteiger partial charge < -0.3 is 14.6 Å². The first-order chi connectivity index (χ1) is 32.2. The van der Waals surface area contributed by atoms with Crippen molar-refractivity contribution in [2.45, 2.75) is 64.4 Å². The number of aryl methyl sites for hydroxylation is 2. The van der Waals surface area contributed by atoms with Gasteiger partial charge in [-0.2, -0.15) is 29.5 Å². The summed E-state index contributed by atoms with van der Waals surface area (Å²) >= 11 is -0.722. The Morgan fingerprint density at radius 3 is 2.50 bits per heavy atom. The maximum Gasteiger partial charge on any atom is 3.00 e. The molecule has 1 unspecified atom stereocenters. The summed E-state index contributed by atoms with van der Waals surface area (Å²) in [6, 6.07) is 44.7. The van der Waals surface area contributed by atoms with Crippen LogP contribution in [0.2, 0.25) is 17.3 Å². The molecule has 0 bridgehead atoms. The minimum absolute atomic E-state index is 0. The molecule has 0 aliphatic carbocycles. The van der Waals surface area contributed by atoms with Crippen molar-refractivity contribution in [1.82, 2.24) is 9.97 Å². The second-order valence-electron chi connectivity index (χ2n) is 18.2. The fourth-order valence-corrected chi connectivity index (χ4v) is 12.6. The van der Waals surface area contributed by atoms with E-state index in [1.54, 1.807) is 35.6 Å². The molecule has 1 atom stereocenters. The van der Waals surface area contributed by atoms with Gasteiger partial charge in [0.1, 0.15) is 16.2 Å². The van der Waals surface area contributed by atoms with Crippen LogP contribution >= 0.6 is 11.3 Å². The summed E-state index contributed by atoms with van der Waals surface area (Å²) < 4.78 is 62.7. The Labute approximate surface area is 401 Å². The molecule has 0 radical (unpaired) electrons. The first kappa shape index (κ1) is 37.9. The molecule has 0 amide bonds. The van der Waals surface area contributed by atoms with Crippen LogP contribution in [0.3, 0.4) is 0 Å². The summed E-state index contributed by atoms with van der Waals surface area (Å²) in [4.78, 5) is 12.7. The van der Waals surface area contributed by atoms with Gasteiger partial charge in [0, 0.05) is 21.8 Å². The maximum absolute atomic E-state index is 14.0. The molecule has 1 aliphatic heterocycles. The summed E-state index contributed by atoms with van der Waals surface area (Å²) in [7, 11) is 0. The molecule has 0 saturated heterocycles. The van der Waals surface area contributed by atoms with Crippen molar-refractivity contribution in [3.05, 3.63) is 173 Å². The van der Waals surface area contributed by atoms with Crippen molar-refractivity contribution in [3.63, 3.8) is 0 Å². The Morgan fingerprint density at radius 1 is 0.906 bits per heavy atom. The Balaban J connectivity index is 0.000000186. The fraction of sp³-hybridized carbons (Fsp3) is 0.200. The zero-order valence-electron chi connectivity index (χ0n) is 41.5. The minimum atomic E-state index is -2.36. The van der Waals surface area contributed by atoms with Crippen LogP contribution in [0.15, 0.2) is 132 Å². The second-order valence-corrected chi connectivity index (χ2v) is 29.8.